The summed E-state index contributed by atoms with van der Waals surface area (Å²) < 4.78 is 6.95. The van der Waals surface area contributed by atoms with Crippen LogP contribution in [0.1, 0.15) is 16.1 Å². The summed E-state index contributed by atoms with van der Waals surface area (Å²) in [4.78, 5) is 21.6. The monoisotopic (exact) mass is 484 g/mol. The maximum absolute atomic E-state index is 13.3. The average molecular weight is 485 g/mol. The molecule has 1 aromatic carbocycles. The summed E-state index contributed by atoms with van der Waals surface area (Å²) in [7, 11) is 3.43. The van der Waals surface area contributed by atoms with E-state index >= 15 is 0 Å². The molecule has 1 saturated heterocycles. The number of nitrogens with zero attached hydrogens (tertiary/aromatic N) is 7. The van der Waals surface area contributed by atoms with Crippen LogP contribution in [0.2, 0.25) is 0 Å². The first-order valence-electron chi connectivity index (χ1n) is 11.8. The van der Waals surface area contributed by atoms with Crippen molar-refractivity contribution in [3.63, 3.8) is 0 Å². The molecule has 10 heteroatoms. The van der Waals surface area contributed by atoms with Gasteiger partial charge >= 0.3 is 0 Å². The number of carbonyl (C=O) groups excluding carboxylic acids is 1. The fourth-order valence-corrected chi connectivity index (χ4v) is 4.13. The maximum Gasteiger partial charge on any atom is 0.272 e. The number of carbonyl (C=O) groups is 1. The molecule has 0 spiro atoms. The molecule has 4 aromatic rings. The van der Waals surface area contributed by atoms with Crippen LogP contribution in [0.5, 0.6) is 5.75 Å². The molecular formula is C26H28N8O2. The van der Waals surface area contributed by atoms with Gasteiger partial charge in [0.05, 0.1) is 12.8 Å². The van der Waals surface area contributed by atoms with Gasteiger partial charge in [0.15, 0.2) is 11.6 Å². The number of rotatable bonds is 6. The molecule has 0 atom stereocenters. The summed E-state index contributed by atoms with van der Waals surface area (Å²) in [5.74, 6) is 2.85. The van der Waals surface area contributed by atoms with Crippen molar-refractivity contribution in [1.29, 1.82) is 0 Å². The number of ether oxygens (including phenoxy) is 1. The average Bonchev–Trinajstić information content (AvgIpc) is 3.31. The Hall–Kier alpha value is -4.47. The fraction of sp³-hybridized carbons (Fsp3) is 0.269. The van der Waals surface area contributed by atoms with E-state index < -0.39 is 0 Å². The number of nitrogens with one attached hydrogen (secondary N) is 1. The van der Waals surface area contributed by atoms with E-state index in [1.807, 2.05) is 66.4 Å². The molecule has 1 N–H and O–H groups in total. The first-order valence-corrected chi connectivity index (χ1v) is 11.8. The van der Waals surface area contributed by atoms with E-state index in [4.69, 9.17) is 4.74 Å². The molecule has 36 heavy (non-hydrogen) atoms. The highest BCUT2D eigenvalue weighted by Crippen LogP contribution is 2.24. The summed E-state index contributed by atoms with van der Waals surface area (Å²) in [5, 5.41) is 16.4. The first kappa shape index (κ1) is 23.3. The lowest BCUT2D eigenvalue weighted by molar-refractivity contribution is 0.0735. The molecular weight excluding hydrogens is 456 g/mol. The molecule has 1 aliphatic rings. The Kier molecular flexibility index (Phi) is 6.48. The lowest BCUT2D eigenvalue weighted by Crippen LogP contribution is -2.49. The zero-order chi connectivity index (χ0) is 25.1. The molecule has 1 fully saturated rings. The minimum absolute atomic E-state index is 0.0324. The number of methoxy groups -OCH3 is 1. The van der Waals surface area contributed by atoms with Crippen LogP contribution < -0.4 is 15.0 Å². The molecule has 10 nitrogen and oxygen atoms in total. The van der Waals surface area contributed by atoms with E-state index in [-0.39, 0.29) is 5.91 Å². The Morgan fingerprint density at radius 3 is 2.47 bits per heavy atom. The van der Waals surface area contributed by atoms with Gasteiger partial charge in [-0.05, 0) is 48.9 Å². The number of piperazine rings is 1. The van der Waals surface area contributed by atoms with Gasteiger partial charge in [0.25, 0.3) is 5.91 Å². The minimum atomic E-state index is -0.0324. The number of pyridine rings is 1. The van der Waals surface area contributed by atoms with Crippen molar-refractivity contribution in [2.24, 2.45) is 7.05 Å². The number of aromatic nitrogens is 5. The summed E-state index contributed by atoms with van der Waals surface area (Å²) in [6, 6.07) is 17.2. The van der Waals surface area contributed by atoms with Gasteiger partial charge in [-0.2, -0.15) is 5.10 Å². The van der Waals surface area contributed by atoms with E-state index in [2.05, 4.69) is 30.5 Å². The van der Waals surface area contributed by atoms with Gasteiger partial charge in [0.2, 0.25) is 0 Å². The van der Waals surface area contributed by atoms with Crippen LogP contribution in [0.15, 0.2) is 60.8 Å². The van der Waals surface area contributed by atoms with E-state index in [1.165, 1.54) is 0 Å². The van der Waals surface area contributed by atoms with Gasteiger partial charge in [0.1, 0.15) is 17.3 Å². The Morgan fingerprint density at radius 1 is 0.972 bits per heavy atom. The number of aryl methyl sites for hydroxylation is 2. The van der Waals surface area contributed by atoms with E-state index in [9.17, 15) is 4.79 Å². The minimum Gasteiger partial charge on any atom is -0.497 e. The van der Waals surface area contributed by atoms with Gasteiger partial charge in [-0.1, -0.05) is 18.2 Å². The second-order valence-corrected chi connectivity index (χ2v) is 8.67. The second-order valence-electron chi connectivity index (χ2n) is 8.67. The summed E-state index contributed by atoms with van der Waals surface area (Å²) in [6.45, 7) is 4.52. The van der Waals surface area contributed by atoms with Crippen molar-refractivity contribution in [2.45, 2.75) is 6.92 Å². The van der Waals surface area contributed by atoms with Gasteiger partial charge in [-0.25, -0.2) is 4.98 Å². The molecule has 4 heterocycles. The fourth-order valence-electron chi connectivity index (χ4n) is 4.13. The van der Waals surface area contributed by atoms with Crippen LogP contribution in [-0.4, -0.2) is 69.1 Å². The van der Waals surface area contributed by atoms with Crippen LogP contribution in [-0.2, 0) is 7.05 Å². The zero-order valence-corrected chi connectivity index (χ0v) is 20.5. The summed E-state index contributed by atoms with van der Waals surface area (Å²) in [5.41, 5.74) is 3.30. The van der Waals surface area contributed by atoms with Crippen molar-refractivity contribution in [3.05, 3.63) is 72.1 Å². The molecule has 184 valence electrons. The van der Waals surface area contributed by atoms with Crippen LogP contribution in [0.3, 0.4) is 0 Å². The zero-order valence-electron chi connectivity index (χ0n) is 20.5. The van der Waals surface area contributed by atoms with Crippen molar-refractivity contribution in [1.82, 2.24) is 29.9 Å². The van der Waals surface area contributed by atoms with Crippen LogP contribution in [0, 0.1) is 6.92 Å². The Morgan fingerprint density at radius 2 is 1.78 bits per heavy atom. The molecule has 0 saturated carbocycles. The normalized spacial score (nSPS) is 13.5. The lowest BCUT2D eigenvalue weighted by atomic mass is 10.1. The third-order valence-corrected chi connectivity index (χ3v) is 6.17. The number of benzene rings is 1. The number of amides is 1. The SMILES string of the molecule is COc1cccc(-c2cc(C(=O)N3CCN(c4ccc(Nc5ccc(C)cn5)nn4)CC3)n(C)n2)c1. The highest BCUT2D eigenvalue weighted by Gasteiger charge is 2.25. The van der Waals surface area contributed by atoms with Gasteiger partial charge in [-0.15, -0.1) is 10.2 Å². The number of hydrogen-bond acceptors (Lipinski definition) is 8. The Bertz CT molecular complexity index is 1340. The molecule has 0 bridgehead atoms. The quantitative estimate of drug-likeness (QED) is 0.445. The topological polar surface area (TPSA) is 101 Å². The Balaban J connectivity index is 1.20. The molecule has 1 amide bonds. The van der Waals surface area contributed by atoms with Crippen molar-refractivity contribution in [3.8, 4) is 17.0 Å². The molecule has 3 aromatic heterocycles. The lowest BCUT2D eigenvalue weighted by Gasteiger charge is -2.35. The Labute approximate surface area is 209 Å². The molecule has 1 aliphatic heterocycles. The van der Waals surface area contributed by atoms with E-state index in [1.54, 1.807) is 25.0 Å². The van der Waals surface area contributed by atoms with Crippen LogP contribution in [0.25, 0.3) is 11.3 Å². The number of anilines is 3. The maximum atomic E-state index is 13.3. The van der Waals surface area contributed by atoms with Gasteiger partial charge in [-0.3, -0.25) is 9.48 Å². The molecule has 0 unspecified atom stereocenters. The highest BCUT2D eigenvalue weighted by atomic mass is 16.5. The predicted molar refractivity (Wildman–Crippen MR) is 138 cm³/mol. The molecule has 0 radical (unpaired) electrons. The van der Waals surface area contributed by atoms with Crippen molar-refractivity contribution >= 4 is 23.4 Å². The first-order chi connectivity index (χ1) is 17.5. The summed E-state index contributed by atoms with van der Waals surface area (Å²) in [6.07, 6.45) is 1.80. The smallest absolute Gasteiger partial charge is 0.272 e. The van der Waals surface area contributed by atoms with E-state index in [0.717, 1.165) is 34.2 Å². The third-order valence-electron chi connectivity index (χ3n) is 6.17. The standard InChI is InChI=1S/C26H28N8O2/c1-18-7-8-23(27-17-18)28-24-9-10-25(30-29-24)33-11-13-34(14-12-33)26(35)22-16-21(31-32(22)2)19-5-4-6-20(15-19)36-3/h4-10,15-17H,11-14H2,1-3H3,(H,27,28,29). The number of hydrogen-bond donors (Lipinski definition) is 1. The predicted octanol–water partition coefficient (Wildman–Crippen LogP) is 3.30. The van der Waals surface area contributed by atoms with Gasteiger partial charge in [0, 0.05) is 45.0 Å². The highest BCUT2D eigenvalue weighted by molar-refractivity contribution is 5.94. The van der Waals surface area contributed by atoms with Crippen LogP contribution >= 0.6 is 0 Å². The summed E-state index contributed by atoms with van der Waals surface area (Å²) >= 11 is 0. The van der Waals surface area contributed by atoms with Gasteiger partial charge < -0.3 is 19.9 Å². The molecule has 5 rings (SSSR count). The second kappa shape index (κ2) is 10.0. The van der Waals surface area contributed by atoms with Crippen LogP contribution in [0.4, 0.5) is 17.5 Å². The third kappa shape index (κ3) is 4.97. The molecule has 0 aliphatic carbocycles. The van der Waals surface area contributed by atoms with Crippen molar-refractivity contribution < 1.29 is 9.53 Å². The largest absolute Gasteiger partial charge is 0.497 e. The van der Waals surface area contributed by atoms with Crippen molar-refractivity contribution in [2.75, 3.05) is 43.5 Å². The van der Waals surface area contributed by atoms with E-state index in [0.29, 0.717) is 37.7 Å².